The molecule has 0 aliphatic carbocycles. The van der Waals surface area contributed by atoms with Crippen molar-refractivity contribution in [1.82, 2.24) is 10.6 Å². The van der Waals surface area contributed by atoms with Crippen LogP contribution in [0, 0.1) is 13.8 Å². The first-order valence-corrected chi connectivity index (χ1v) is 10.2. The maximum absolute atomic E-state index is 12.0. The Hall–Kier alpha value is -3.09. The van der Waals surface area contributed by atoms with Gasteiger partial charge in [0.1, 0.15) is 11.2 Å². The van der Waals surface area contributed by atoms with E-state index in [1.165, 1.54) is 6.07 Å². The quantitative estimate of drug-likeness (QED) is 0.325. The number of benzene rings is 2. The molecule has 1 unspecified atom stereocenters. The second-order valence-corrected chi connectivity index (χ2v) is 8.11. The number of fused-ring (bicyclic) bond motifs is 3. The summed E-state index contributed by atoms with van der Waals surface area (Å²) in [7, 11) is 0. The molecule has 5 rings (SSSR count). The Kier molecular flexibility index (Phi) is 4.41. The van der Waals surface area contributed by atoms with Gasteiger partial charge in [-0.25, -0.2) is 4.79 Å². The van der Waals surface area contributed by atoms with Crippen LogP contribution in [0.1, 0.15) is 28.5 Å². The lowest BCUT2D eigenvalue weighted by atomic mass is 10.0. The molecule has 1 aliphatic rings. The predicted octanol–water partition coefficient (Wildman–Crippen LogP) is 5.37. The van der Waals surface area contributed by atoms with Crippen molar-refractivity contribution in [3.8, 4) is 0 Å². The summed E-state index contributed by atoms with van der Waals surface area (Å²) in [5.74, 6) is 0.641. The molecule has 30 heavy (non-hydrogen) atoms. The minimum Gasteiger partial charge on any atom is -0.454 e. The van der Waals surface area contributed by atoms with Crippen LogP contribution < -0.4 is 16.3 Å². The van der Waals surface area contributed by atoms with Gasteiger partial charge >= 0.3 is 5.63 Å². The van der Waals surface area contributed by atoms with Gasteiger partial charge in [0.15, 0.2) is 10.9 Å². The minimum atomic E-state index is -0.381. The third-order valence-corrected chi connectivity index (χ3v) is 5.93. The van der Waals surface area contributed by atoms with Gasteiger partial charge in [0.25, 0.3) is 0 Å². The highest BCUT2D eigenvalue weighted by Gasteiger charge is 2.25. The average Bonchev–Trinajstić information content (AvgIpc) is 3.05. The molecule has 0 saturated carbocycles. The highest BCUT2D eigenvalue weighted by molar-refractivity contribution is 7.80. The fourth-order valence-electron chi connectivity index (χ4n) is 3.94. The molecule has 1 atom stereocenters. The van der Waals surface area contributed by atoms with Crippen LogP contribution in [-0.4, -0.2) is 5.11 Å². The lowest BCUT2D eigenvalue weighted by molar-refractivity contribution is 0.562. The van der Waals surface area contributed by atoms with E-state index in [4.69, 9.17) is 32.7 Å². The first-order chi connectivity index (χ1) is 14.4. The van der Waals surface area contributed by atoms with E-state index in [1.807, 2.05) is 56.3 Å². The summed E-state index contributed by atoms with van der Waals surface area (Å²) in [4.78, 5) is 12.0. The van der Waals surface area contributed by atoms with Gasteiger partial charge in [-0.15, -0.1) is 0 Å². The molecule has 1 aliphatic heterocycles. The van der Waals surface area contributed by atoms with Crippen LogP contribution in [0.2, 0.25) is 5.02 Å². The van der Waals surface area contributed by atoms with Crippen LogP contribution >= 0.6 is 23.8 Å². The molecule has 3 heterocycles. The van der Waals surface area contributed by atoms with Crippen molar-refractivity contribution in [3.63, 3.8) is 0 Å². The fourth-order valence-corrected chi connectivity index (χ4v) is 4.43. The largest absolute Gasteiger partial charge is 0.454 e. The second kappa shape index (κ2) is 7.00. The third kappa shape index (κ3) is 3.00. The average molecular weight is 437 g/mol. The van der Waals surface area contributed by atoms with Crippen LogP contribution in [0.25, 0.3) is 27.6 Å². The topological polar surface area (TPSA) is 67.4 Å². The minimum absolute atomic E-state index is 0.202. The van der Waals surface area contributed by atoms with Crippen LogP contribution in [-0.2, 0) is 0 Å². The molecule has 150 valence electrons. The molecule has 4 aromatic rings. The molecule has 5 nitrogen and oxygen atoms in total. The summed E-state index contributed by atoms with van der Waals surface area (Å²) >= 11 is 11.8. The summed E-state index contributed by atoms with van der Waals surface area (Å²) < 4.78 is 11.7. The van der Waals surface area contributed by atoms with E-state index in [0.29, 0.717) is 27.1 Å². The number of furan rings is 1. The monoisotopic (exact) mass is 436 g/mol. The lowest BCUT2D eigenvalue weighted by Crippen LogP contribution is -2.40. The Morgan fingerprint density at radius 1 is 1.10 bits per heavy atom. The maximum Gasteiger partial charge on any atom is 0.336 e. The molecule has 0 amide bonds. The highest BCUT2D eigenvalue weighted by atomic mass is 35.5. The van der Waals surface area contributed by atoms with Crippen molar-refractivity contribution in [2.45, 2.75) is 19.9 Å². The van der Waals surface area contributed by atoms with Crippen molar-refractivity contribution in [2.24, 2.45) is 0 Å². The van der Waals surface area contributed by atoms with Crippen LogP contribution in [0.5, 0.6) is 0 Å². The first-order valence-electron chi connectivity index (χ1n) is 9.43. The number of nitrogens with one attached hydrogen (secondary N) is 2. The van der Waals surface area contributed by atoms with E-state index in [-0.39, 0.29) is 11.7 Å². The summed E-state index contributed by atoms with van der Waals surface area (Å²) in [6.07, 6.45) is 1.99. The zero-order valence-corrected chi connectivity index (χ0v) is 17.8. The molecular weight excluding hydrogens is 420 g/mol. The molecule has 2 aromatic carbocycles. The molecule has 2 aromatic heterocycles. The molecule has 0 saturated heterocycles. The van der Waals surface area contributed by atoms with Gasteiger partial charge < -0.3 is 19.5 Å². The highest BCUT2D eigenvalue weighted by Crippen LogP contribution is 2.37. The Morgan fingerprint density at radius 2 is 1.90 bits per heavy atom. The second-order valence-electron chi connectivity index (χ2n) is 7.30. The summed E-state index contributed by atoms with van der Waals surface area (Å²) in [6.45, 7) is 3.84. The normalized spacial score (nSPS) is 16.4. The smallest absolute Gasteiger partial charge is 0.336 e. The van der Waals surface area contributed by atoms with Gasteiger partial charge in [0.2, 0.25) is 0 Å². The van der Waals surface area contributed by atoms with E-state index >= 15 is 0 Å². The molecule has 0 spiro atoms. The van der Waals surface area contributed by atoms with Crippen molar-refractivity contribution in [1.29, 1.82) is 0 Å². The van der Waals surface area contributed by atoms with E-state index in [0.717, 1.165) is 33.2 Å². The summed E-state index contributed by atoms with van der Waals surface area (Å²) in [5.41, 5.74) is 4.18. The number of hydrogen-bond acceptors (Lipinski definition) is 4. The van der Waals surface area contributed by atoms with Crippen LogP contribution in [0.3, 0.4) is 0 Å². The Balaban J connectivity index is 1.71. The van der Waals surface area contributed by atoms with Crippen molar-refractivity contribution in [3.05, 3.63) is 86.4 Å². The van der Waals surface area contributed by atoms with Crippen molar-refractivity contribution < 1.29 is 8.83 Å². The van der Waals surface area contributed by atoms with Crippen molar-refractivity contribution in [2.75, 3.05) is 0 Å². The van der Waals surface area contributed by atoms with Gasteiger partial charge in [-0.2, -0.15) is 0 Å². The van der Waals surface area contributed by atoms with Gasteiger partial charge in [0.05, 0.1) is 17.1 Å². The zero-order chi connectivity index (χ0) is 21.0. The number of thiocarbonyl (C=S) groups is 1. The Labute approximate surface area is 182 Å². The number of halogens is 1. The summed E-state index contributed by atoms with van der Waals surface area (Å²) in [6, 6.07) is 12.7. The summed E-state index contributed by atoms with van der Waals surface area (Å²) in [5, 5.41) is 9.20. The van der Waals surface area contributed by atoms with Crippen LogP contribution in [0.15, 0.2) is 62.2 Å². The van der Waals surface area contributed by atoms with Gasteiger partial charge in [0, 0.05) is 22.0 Å². The maximum atomic E-state index is 12.0. The van der Waals surface area contributed by atoms with Crippen LogP contribution in [0.4, 0.5) is 0 Å². The fraction of sp³-hybridized carbons (Fsp3) is 0.130. The SMILES string of the molecule is Cc1cc(=O)oc2c1ccc1oc(C3=CC(c4ccccc4Cl)NC(=S)N3)c(C)c12. The molecule has 0 radical (unpaired) electrons. The van der Waals surface area contributed by atoms with Crippen molar-refractivity contribution >= 4 is 56.6 Å². The third-order valence-electron chi connectivity index (χ3n) is 5.36. The predicted molar refractivity (Wildman–Crippen MR) is 123 cm³/mol. The van der Waals surface area contributed by atoms with Gasteiger partial charge in [-0.05, 0) is 61.5 Å². The molecule has 7 heteroatoms. The molecule has 0 fully saturated rings. The molecular formula is C23H17ClN2O3S. The Morgan fingerprint density at radius 3 is 2.70 bits per heavy atom. The molecule has 2 N–H and O–H groups in total. The first kappa shape index (κ1) is 18.9. The Bertz CT molecular complexity index is 1430. The molecule has 0 bridgehead atoms. The lowest BCUT2D eigenvalue weighted by Gasteiger charge is -2.26. The van der Waals surface area contributed by atoms with E-state index in [9.17, 15) is 4.79 Å². The van der Waals surface area contributed by atoms with Gasteiger partial charge in [-0.3, -0.25) is 0 Å². The van der Waals surface area contributed by atoms with E-state index in [1.54, 1.807) is 0 Å². The van der Waals surface area contributed by atoms with E-state index < -0.39 is 0 Å². The number of aryl methyl sites for hydroxylation is 2. The number of rotatable bonds is 2. The standard InChI is InChI=1S/C23H17ClN2O3S/c1-11-9-19(27)29-22-13(11)7-8-18-20(22)12(2)21(28-18)17-10-16(25-23(30)26-17)14-5-3-4-6-15(14)24/h3-10,16H,1-2H3,(H2,25,26,30). The number of hydrogen-bond donors (Lipinski definition) is 2. The van der Waals surface area contributed by atoms with E-state index in [2.05, 4.69) is 10.6 Å². The zero-order valence-electron chi connectivity index (χ0n) is 16.2. The van der Waals surface area contributed by atoms with Gasteiger partial charge in [-0.1, -0.05) is 29.8 Å².